The second-order valence-corrected chi connectivity index (χ2v) is 5.59. The third-order valence-electron chi connectivity index (χ3n) is 2.16. The lowest BCUT2D eigenvalue weighted by Crippen LogP contribution is -1.97. The molecule has 2 rings (SSSR count). The predicted octanol–water partition coefficient (Wildman–Crippen LogP) is 5.02. The number of nitrogens with zero attached hydrogens (tertiary/aromatic N) is 2. The zero-order valence-corrected chi connectivity index (χ0v) is 13.1. The molecule has 0 aliphatic rings. The standard InChI is InChI=1S/C11H6Cl3IN2/c1-5-9(15)10(14)17-11(16-5)8-6(12)3-2-4-7(8)13/h2-4H,1H3. The van der Waals surface area contributed by atoms with Crippen LogP contribution in [0.4, 0.5) is 0 Å². The molecule has 2 nitrogen and oxygen atoms in total. The fourth-order valence-electron chi connectivity index (χ4n) is 1.35. The van der Waals surface area contributed by atoms with E-state index in [1.165, 1.54) is 0 Å². The van der Waals surface area contributed by atoms with Gasteiger partial charge in [-0.05, 0) is 41.6 Å². The van der Waals surface area contributed by atoms with Gasteiger partial charge in [-0.3, -0.25) is 0 Å². The molecule has 0 fully saturated rings. The molecular weight excluding hydrogens is 393 g/mol. The Morgan fingerprint density at radius 3 is 2.18 bits per heavy atom. The Bertz CT molecular complexity index is 544. The molecule has 6 heteroatoms. The van der Waals surface area contributed by atoms with Crippen molar-refractivity contribution in [1.82, 2.24) is 9.97 Å². The van der Waals surface area contributed by atoms with Gasteiger partial charge in [0.25, 0.3) is 0 Å². The van der Waals surface area contributed by atoms with Crippen LogP contribution in [0.3, 0.4) is 0 Å². The molecule has 1 aromatic carbocycles. The molecule has 0 saturated carbocycles. The molecule has 0 atom stereocenters. The first-order valence-corrected chi connectivity index (χ1v) is 6.86. The lowest BCUT2D eigenvalue weighted by atomic mass is 10.2. The molecule has 17 heavy (non-hydrogen) atoms. The van der Waals surface area contributed by atoms with Gasteiger partial charge in [-0.15, -0.1) is 0 Å². The summed E-state index contributed by atoms with van der Waals surface area (Å²) in [6.45, 7) is 1.86. The minimum absolute atomic E-state index is 0.407. The van der Waals surface area contributed by atoms with Crippen LogP contribution in [0.25, 0.3) is 11.4 Å². The minimum atomic E-state index is 0.407. The number of aromatic nitrogens is 2. The van der Waals surface area contributed by atoms with Gasteiger partial charge in [0.15, 0.2) is 5.82 Å². The average Bonchev–Trinajstić information content (AvgIpc) is 2.25. The van der Waals surface area contributed by atoms with E-state index in [2.05, 4.69) is 32.6 Å². The molecule has 0 amide bonds. The van der Waals surface area contributed by atoms with Crippen molar-refractivity contribution in [3.8, 4) is 11.4 Å². The van der Waals surface area contributed by atoms with Gasteiger partial charge in [0.1, 0.15) is 5.15 Å². The molecule has 2 aromatic rings. The summed E-state index contributed by atoms with van der Waals surface area (Å²) in [5.41, 5.74) is 1.41. The molecule has 0 spiro atoms. The van der Waals surface area contributed by atoms with Crippen LogP contribution in [-0.2, 0) is 0 Å². The van der Waals surface area contributed by atoms with Crippen molar-refractivity contribution in [3.05, 3.63) is 42.7 Å². The monoisotopic (exact) mass is 398 g/mol. The summed E-state index contributed by atoms with van der Waals surface area (Å²) in [6, 6.07) is 5.26. The fourth-order valence-corrected chi connectivity index (χ4v) is 2.37. The van der Waals surface area contributed by atoms with Crippen LogP contribution >= 0.6 is 57.4 Å². The van der Waals surface area contributed by atoms with Crippen molar-refractivity contribution >= 4 is 57.4 Å². The van der Waals surface area contributed by atoms with Crippen molar-refractivity contribution < 1.29 is 0 Å². The maximum absolute atomic E-state index is 6.10. The first-order chi connectivity index (χ1) is 8.00. The third-order valence-corrected chi connectivity index (χ3v) is 4.68. The molecular formula is C11H6Cl3IN2. The number of benzene rings is 1. The van der Waals surface area contributed by atoms with Crippen molar-refractivity contribution in [2.75, 3.05) is 0 Å². The molecule has 1 aromatic heterocycles. The first kappa shape index (κ1) is 13.3. The molecule has 1 heterocycles. The Morgan fingerprint density at radius 2 is 1.65 bits per heavy atom. The van der Waals surface area contributed by atoms with Gasteiger partial charge >= 0.3 is 0 Å². The Labute approximate surface area is 127 Å². The van der Waals surface area contributed by atoms with E-state index in [0.29, 0.717) is 26.6 Å². The van der Waals surface area contributed by atoms with Crippen LogP contribution < -0.4 is 0 Å². The Kier molecular flexibility index (Phi) is 4.13. The van der Waals surface area contributed by atoms with Gasteiger partial charge in [-0.25, -0.2) is 9.97 Å². The quantitative estimate of drug-likeness (QED) is 0.497. The topological polar surface area (TPSA) is 25.8 Å². The summed E-state index contributed by atoms with van der Waals surface area (Å²) in [5, 5.41) is 1.42. The SMILES string of the molecule is Cc1nc(-c2c(Cl)cccc2Cl)nc(Cl)c1I. The van der Waals surface area contributed by atoms with Crippen molar-refractivity contribution in [1.29, 1.82) is 0 Å². The summed E-state index contributed by atoms with van der Waals surface area (Å²) in [5.74, 6) is 0.448. The molecule has 0 N–H and O–H groups in total. The Morgan fingerprint density at radius 1 is 1.06 bits per heavy atom. The first-order valence-electron chi connectivity index (χ1n) is 4.64. The minimum Gasteiger partial charge on any atom is -0.232 e. The molecule has 0 saturated heterocycles. The molecule has 88 valence electrons. The van der Waals surface area contributed by atoms with Gasteiger partial charge in [-0.2, -0.15) is 0 Å². The predicted molar refractivity (Wildman–Crippen MR) is 80.0 cm³/mol. The van der Waals surface area contributed by atoms with Gasteiger partial charge in [-0.1, -0.05) is 40.9 Å². The van der Waals surface area contributed by atoms with Crippen LogP contribution in [0.15, 0.2) is 18.2 Å². The highest BCUT2D eigenvalue weighted by Gasteiger charge is 2.14. The van der Waals surface area contributed by atoms with Crippen molar-refractivity contribution in [2.24, 2.45) is 0 Å². The van der Waals surface area contributed by atoms with Crippen LogP contribution in [0, 0.1) is 10.5 Å². The van der Waals surface area contributed by atoms with E-state index in [9.17, 15) is 0 Å². The van der Waals surface area contributed by atoms with Crippen LogP contribution in [0.5, 0.6) is 0 Å². The zero-order valence-electron chi connectivity index (χ0n) is 8.64. The fraction of sp³-hybridized carbons (Fsp3) is 0.0909. The van der Waals surface area contributed by atoms with E-state index in [4.69, 9.17) is 34.8 Å². The summed E-state index contributed by atoms with van der Waals surface area (Å²) in [4.78, 5) is 8.56. The molecule has 0 bridgehead atoms. The summed E-state index contributed by atoms with van der Waals surface area (Å²) < 4.78 is 0.830. The summed E-state index contributed by atoms with van der Waals surface area (Å²) in [6.07, 6.45) is 0. The number of hydrogen-bond donors (Lipinski definition) is 0. The normalized spacial score (nSPS) is 10.6. The highest BCUT2D eigenvalue weighted by molar-refractivity contribution is 14.1. The van der Waals surface area contributed by atoms with E-state index in [-0.39, 0.29) is 0 Å². The lowest BCUT2D eigenvalue weighted by Gasteiger charge is -2.08. The molecule has 0 radical (unpaired) electrons. The van der Waals surface area contributed by atoms with E-state index < -0.39 is 0 Å². The van der Waals surface area contributed by atoms with Crippen LogP contribution in [0.1, 0.15) is 5.69 Å². The summed E-state index contributed by atoms with van der Waals surface area (Å²) in [7, 11) is 0. The van der Waals surface area contributed by atoms with Gasteiger partial charge in [0.05, 0.1) is 24.9 Å². The molecule has 0 aliphatic carbocycles. The Balaban J connectivity index is 2.69. The van der Waals surface area contributed by atoms with E-state index in [1.807, 2.05) is 6.92 Å². The summed E-state index contributed by atoms with van der Waals surface area (Å²) >= 11 is 20.3. The van der Waals surface area contributed by atoms with Crippen LogP contribution in [-0.4, -0.2) is 9.97 Å². The second kappa shape index (κ2) is 5.26. The van der Waals surface area contributed by atoms with Gasteiger partial charge in [0, 0.05) is 0 Å². The number of hydrogen-bond acceptors (Lipinski definition) is 2. The van der Waals surface area contributed by atoms with Gasteiger partial charge < -0.3 is 0 Å². The molecule has 0 unspecified atom stereocenters. The highest BCUT2D eigenvalue weighted by atomic mass is 127. The molecule has 0 aliphatic heterocycles. The van der Waals surface area contributed by atoms with Crippen LogP contribution in [0.2, 0.25) is 15.2 Å². The second-order valence-electron chi connectivity index (χ2n) is 3.33. The number of halogens is 4. The lowest BCUT2D eigenvalue weighted by molar-refractivity contribution is 1.09. The van der Waals surface area contributed by atoms with E-state index in [0.717, 1.165) is 9.26 Å². The highest BCUT2D eigenvalue weighted by Crippen LogP contribution is 2.33. The van der Waals surface area contributed by atoms with E-state index in [1.54, 1.807) is 18.2 Å². The largest absolute Gasteiger partial charge is 0.232 e. The maximum Gasteiger partial charge on any atom is 0.164 e. The zero-order chi connectivity index (χ0) is 12.6. The van der Waals surface area contributed by atoms with Crippen molar-refractivity contribution in [3.63, 3.8) is 0 Å². The number of aryl methyl sites for hydroxylation is 1. The third kappa shape index (κ3) is 2.67. The number of rotatable bonds is 1. The van der Waals surface area contributed by atoms with Crippen molar-refractivity contribution in [2.45, 2.75) is 6.92 Å². The maximum atomic E-state index is 6.10. The average molecular weight is 399 g/mol. The van der Waals surface area contributed by atoms with E-state index >= 15 is 0 Å². The van der Waals surface area contributed by atoms with Gasteiger partial charge in [0.2, 0.25) is 0 Å². The Hall–Kier alpha value is -0.100. The smallest absolute Gasteiger partial charge is 0.164 e.